The number of carbonyl (C=O) groups is 2. The number of hydrogen-bond acceptors (Lipinski definition) is 7. The Kier molecular flexibility index (Phi) is 5.79. The second kappa shape index (κ2) is 8.84. The first kappa shape index (κ1) is 21.0. The van der Waals surface area contributed by atoms with Gasteiger partial charge in [0.2, 0.25) is 5.91 Å². The number of nitrogens with one attached hydrogen (secondary N) is 1. The number of nitro groups is 1. The molecule has 0 bridgehead atoms. The van der Waals surface area contributed by atoms with E-state index in [0.29, 0.717) is 30.8 Å². The molecule has 0 saturated carbocycles. The molecule has 2 amide bonds. The Hall–Kier alpha value is -4.28. The van der Waals surface area contributed by atoms with Crippen LogP contribution in [0.5, 0.6) is 5.75 Å². The normalized spacial score (nSPS) is 15.4. The molecule has 1 saturated heterocycles. The van der Waals surface area contributed by atoms with Crippen molar-refractivity contribution in [3.8, 4) is 11.4 Å². The van der Waals surface area contributed by atoms with Crippen molar-refractivity contribution in [3.63, 3.8) is 0 Å². The second-order valence-corrected chi connectivity index (χ2v) is 7.17. The summed E-state index contributed by atoms with van der Waals surface area (Å²) >= 11 is 0. The number of ether oxygens (including phenoxy) is 1. The summed E-state index contributed by atoms with van der Waals surface area (Å²) in [6.07, 6.45) is 3.77. The summed E-state index contributed by atoms with van der Waals surface area (Å²) in [5.41, 5.74) is 0.631. The minimum atomic E-state index is -0.668. The van der Waals surface area contributed by atoms with Crippen LogP contribution in [0.15, 0.2) is 55.1 Å². The van der Waals surface area contributed by atoms with Gasteiger partial charge < -0.3 is 15.0 Å². The molecule has 2 heterocycles. The quantitative estimate of drug-likeness (QED) is 0.463. The third kappa shape index (κ3) is 4.13. The molecular formula is C21H20N6O5. The summed E-state index contributed by atoms with van der Waals surface area (Å²) in [4.78, 5) is 42.2. The predicted octanol–water partition coefficient (Wildman–Crippen LogP) is 2.43. The molecule has 164 valence electrons. The lowest BCUT2D eigenvalue weighted by molar-refractivity contribution is -0.384. The zero-order chi connectivity index (χ0) is 22.7. The van der Waals surface area contributed by atoms with E-state index in [-0.39, 0.29) is 22.8 Å². The monoisotopic (exact) mass is 436 g/mol. The lowest BCUT2D eigenvalue weighted by Crippen LogP contribution is -2.43. The molecule has 4 rings (SSSR count). The van der Waals surface area contributed by atoms with Crippen LogP contribution in [0.4, 0.5) is 11.4 Å². The maximum Gasteiger partial charge on any atom is 0.295 e. The summed E-state index contributed by atoms with van der Waals surface area (Å²) < 4.78 is 6.36. The molecule has 0 radical (unpaired) electrons. The van der Waals surface area contributed by atoms with Gasteiger partial charge in [-0.25, -0.2) is 9.67 Å². The minimum absolute atomic E-state index is 0.129. The van der Waals surface area contributed by atoms with Crippen LogP contribution in [-0.4, -0.2) is 56.1 Å². The number of nitrogens with zero attached hydrogens (tertiary/aromatic N) is 5. The molecule has 0 aliphatic carbocycles. The first-order valence-electron chi connectivity index (χ1n) is 9.87. The number of carbonyl (C=O) groups excluding carboxylic acids is 2. The van der Waals surface area contributed by atoms with Crippen LogP contribution in [0.3, 0.4) is 0 Å². The number of likely N-dealkylation sites (tertiary alicyclic amines) is 1. The zero-order valence-electron chi connectivity index (χ0n) is 17.2. The number of aromatic nitrogens is 3. The number of methoxy groups -OCH3 is 1. The van der Waals surface area contributed by atoms with E-state index in [1.165, 1.54) is 40.4 Å². The summed E-state index contributed by atoms with van der Waals surface area (Å²) in [7, 11) is 1.55. The number of amides is 2. The van der Waals surface area contributed by atoms with Gasteiger partial charge in [-0.3, -0.25) is 19.7 Å². The lowest BCUT2D eigenvalue weighted by atomic mass is 10.1. The largest absolute Gasteiger partial charge is 0.497 e. The van der Waals surface area contributed by atoms with E-state index in [9.17, 15) is 19.7 Å². The smallest absolute Gasteiger partial charge is 0.295 e. The molecule has 0 spiro atoms. The Morgan fingerprint density at radius 3 is 2.66 bits per heavy atom. The Morgan fingerprint density at radius 2 is 2.00 bits per heavy atom. The van der Waals surface area contributed by atoms with E-state index in [4.69, 9.17) is 4.74 Å². The fraction of sp³-hybridized carbons (Fsp3) is 0.238. The molecule has 1 N–H and O–H groups in total. The molecule has 1 aliphatic rings. The van der Waals surface area contributed by atoms with Gasteiger partial charge in [0.15, 0.2) is 0 Å². The summed E-state index contributed by atoms with van der Waals surface area (Å²) in [5.74, 6) is -0.0861. The van der Waals surface area contributed by atoms with Crippen molar-refractivity contribution < 1.29 is 19.2 Å². The summed E-state index contributed by atoms with van der Waals surface area (Å²) in [6.45, 7) is 0.387. The van der Waals surface area contributed by atoms with Crippen LogP contribution in [0.25, 0.3) is 5.69 Å². The van der Waals surface area contributed by atoms with Gasteiger partial charge in [-0.05, 0) is 49.2 Å². The number of nitro benzene ring substituents is 1. The number of anilines is 1. The molecule has 1 fully saturated rings. The minimum Gasteiger partial charge on any atom is -0.497 e. The van der Waals surface area contributed by atoms with Gasteiger partial charge in [0, 0.05) is 23.9 Å². The van der Waals surface area contributed by atoms with Crippen LogP contribution in [0.2, 0.25) is 0 Å². The van der Waals surface area contributed by atoms with Crippen LogP contribution < -0.4 is 10.1 Å². The Morgan fingerprint density at radius 1 is 1.22 bits per heavy atom. The number of benzene rings is 2. The summed E-state index contributed by atoms with van der Waals surface area (Å²) in [5, 5.41) is 18.3. The van der Waals surface area contributed by atoms with Crippen molar-refractivity contribution in [1.82, 2.24) is 19.7 Å². The van der Waals surface area contributed by atoms with Crippen LogP contribution in [0, 0.1) is 10.1 Å². The van der Waals surface area contributed by atoms with E-state index in [1.807, 2.05) is 0 Å². The van der Waals surface area contributed by atoms with E-state index in [1.54, 1.807) is 31.4 Å². The SMILES string of the molecule is COc1ccc(NC(=O)C2CCCN2C(=O)c2ccc(-n3cncn3)c([N+](=O)[O-])c2)cc1. The van der Waals surface area contributed by atoms with Gasteiger partial charge in [-0.15, -0.1) is 0 Å². The van der Waals surface area contributed by atoms with Crippen molar-refractivity contribution >= 4 is 23.2 Å². The molecule has 1 atom stereocenters. The number of hydrogen-bond donors (Lipinski definition) is 1. The van der Waals surface area contributed by atoms with E-state index in [0.717, 1.165) is 0 Å². The molecule has 11 heteroatoms. The molecule has 1 unspecified atom stereocenters. The lowest BCUT2D eigenvalue weighted by Gasteiger charge is -2.24. The van der Waals surface area contributed by atoms with E-state index in [2.05, 4.69) is 15.4 Å². The highest BCUT2D eigenvalue weighted by atomic mass is 16.6. The highest BCUT2D eigenvalue weighted by Crippen LogP contribution is 2.27. The fourth-order valence-electron chi connectivity index (χ4n) is 3.68. The van der Waals surface area contributed by atoms with Gasteiger partial charge in [-0.1, -0.05) is 0 Å². The van der Waals surface area contributed by atoms with Crippen LogP contribution >= 0.6 is 0 Å². The first-order valence-corrected chi connectivity index (χ1v) is 9.87. The highest BCUT2D eigenvalue weighted by molar-refractivity contribution is 6.02. The van der Waals surface area contributed by atoms with Crippen molar-refractivity contribution in [3.05, 3.63) is 70.8 Å². The van der Waals surface area contributed by atoms with Gasteiger partial charge in [0.25, 0.3) is 11.6 Å². The Labute approximate surface area is 182 Å². The van der Waals surface area contributed by atoms with Crippen molar-refractivity contribution in [1.29, 1.82) is 0 Å². The maximum absolute atomic E-state index is 13.1. The van der Waals surface area contributed by atoms with E-state index >= 15 is 0 Å². The molecule has 2 aromatic carbocycles. The van der Waals surface area contributed by atoms with Gasteiger partial charge in [0.1, 0.15) is 30.1 Å². The third-order valence-electron chi connectivity index (χ3n) is 5.26. The van der Waals surface area contributed by atoms with Crippen molar-refractivity contribution in [2.45, 2.75) is 18.9 Å². The van der Waals surface area contributed by atoms with Gasteiger partial charge in [0.05, 0.1) is 12.0 Å². The molecule has 32 heavy (non-hydrogen) atoms. The van der Waals surface area contributed by atoms with Gasteiger partial charge in [-0.2, -0.15) is 5.10 Å². The zero-order valence-corrected chi connectivity index (χ0v) is 17.2. The molecule has 1 aliphatic heterocycles. The molecular weight excluding hydrogens is 416 g/mol. The highest BCUT2D eigenvalue weighted by Gasteiger charge is 2.35. The predicted molar refractivity (Wildman–Crippen MR) is 114 cm³/mol. The van der Waals surface area contributed by atoms with Crippen LogP contribution in [-0.2, 0) is 4.79 Å². The van der Waals surface area contributed by atoms with Crippen molar-refractivity contribution in [2.75, 3.05) is 19.0 Å². The molecule has 3 aromatic rings. The molecule has 1 aromatic heterocycles. The topological polar surface area (TPSA) is 132 Å². The maximum atomic E-state index is 13.1. The Bertz CT molecular complexity index is 1150. The third-order valence-corrected chi connectivity index (χ3v) is 5.26. The average molecular weight is 436 g/mol. The number of rotatable bonds is 6. The fourth-order valence-corrected chi connectivity index (χ4v) is 3.68. The molecule has 11 nitrogen and oxygen atoms in total. The standard InChI is InChI=1S/C21H20N6O5/c1-32-16-7-5-15(6-8-16)24-20(28)18-3-2-10-25(18)21(29)14-4-9-17(19(11-14)27(30)31)26-13-22-12-23-26/h4-9,11-13,18H,2-3,10H2,1H3,(H,24,28). The average Bonchev–Trinajstić information content (AvgIpc) is 3.51. The Balaban J connectivity index is 1.54. The summed E-state index contributed by atoms with van der Waals surface area (Å²) in [6, 6.07) is 10.3. The van der Waals surface area contributed by atoms with E-state index < -0.39 is 16.9 Å². The van der Waals surface area contributed by atoms with Crippen molar-refractivity contribution in [2.24, 2.45) is 0 Å². The second-order valence-electron chi connectivity index (χ2n) is 7.17. The first-order chi connectivity index (χ1) is 15.5. The van der Waals surface area contributed by atoms with Gasteiger partial charge >= 0.3 is 0 Å². The van der Waals surface area contributed by atoms with Crippen LogP contribution in [0.1, 0.15) is 23.2 Å².